The summed E-state index contributed by atoms with van der Waals surface area (Å²) in [6.45, 7) is 0. The summed E-state index contributed by atoms with van der Waals surface area (Å²) in [5.41, 5.74) is 9.23. The number of allylic oxidation sites excluding steroid dienone is 4. The summed E-state index contributed by atoms with van der Waals surface area (Å²) in [6, 6.07) is 40.4. The Bertz CT molecular complexity index is 2070. The molecular weight excluding hydrogens is 494 g/mol. The Morgan fingerprint density at radius 1 is 0.561 bits per heavy atom. The molecule has 9 rings (SSSR count). The van der Waals surface area contributed by atoms with E-state index in [0.717, 1.165) is 12.1 Å². The van der Waals surface area contributed by atoms with Gasteiger partial charge in [-0.2, -0.15) is 0 Å². The zero-order valence-electron chi connectivity index (χ0n) is 22.8. The van der Waals surface area contributed by atoms with Crippen LogP contribution in [0.15, 0.2) is 138 Å². The SMILES string of the molecule is C1=CC2CCC3C(=Nc4cccc(-c5c6ccccc6c(-c6ccc7ccccc7c6)c6ccccc56)c43)C2C=C1. The summed E-state index contributed by atoms with van der Waals surface area (Å²) in [4.78, 5) is 5.33. The van der Waals surface area contributed by atoms with E-state index in [1.54, 1.807) is 0 Å². The first-order valence-electron chi connectivity index (χ1n) is 14.8. The summed E-state index contributed by atoms with van der Waals surface area (Å²) < 4.78 is 0. The molecule has 0 aromatic heterocycles. The van der Waals surface area contributed by atoms with Crippen molar-refractivity contribution in [1.82, 2.24) is 0 Å². The van der Waals surface area contributed by atoms with Crippen LogP contribution >= 0.6 is 0 Å². The third-order valence-electron chi connectivity index (χ3n) is 9.66. The highest BCUT2D eigenvalue weighted by molar-refractivity contribution is 6.22. The van der Waals surface area contributed by atoms with E-state index in [9.17, 15) is 0 Å². The number of hydrogen-bond donors (Lipinski definition) is 0. The minimum atomic E-state index is 0.385. The fraction of sp³-hybridized carbons (Fsp3) is 0.125. The van der Waals surface area contributed by atoms with E-state index in [4.69, 9.17) is 4.99 Å². The van der Waals surface area contributed by atoms with Crippen LogP contribution in [0.5, 0.6) is 0 Å². The van der Waals surface area contributed by atoms with Crippen LogP contribution < -0.4 is 0 Å². The molecule has 41 heavy (non-hydrogen) atoms. The lowest BCUT2D eigenvalue weighted by atomic mass is 9.69. The number of hydrogen-bond acceptors (Lipinski definition) is 1. The Kier molecular flexibility index (Phi) is 4.98. The maximum absolute atomic E-state index is 5.33. The number of aliphatic imine (C=N–C) groups is 1. The lowest BCUT2D eigenvalue weighted by molar-refractivity contribution is 0.454. The van der Waals surface area contributed by atoms with Gasteiger partial charge in [0.05, 0.1) is 5.69 Å². The lowest BCUT2D eigenvalue weighted by Gasteiger charge is -2.34. The van der Waals surface area contributed by atoms with Crippen LogP contribution in [0.25, 0.3) is 54.6 Å². The van der Waals surface area contributed by atoms with Crippen LogP contribution in [0.3, 0.4) is 0 Å². The minimum absolute atomic E-state index is 0.385. The molecule has 0 saturated heterocycles. The van der Waals surface area contributed by atoms with Crippen molar-refractivity contribution in [2.75, 3.05) is 0 Å². The van der Waals surface area contributed by atoms with Gasteiger partial charge in [-0.1, -0.05) is 121 Å². The summed E-state index contributed by atoms with van der Waals surface area (Å²) in [5.74, 6) is 1.38. The predicted molar refractivity (Wildman–Crippen MR) is 174 cm³/mol. The molecule has 6 aromatic rings. The zero-order chi connectivity index (χ0) is 26.9. The highest BCUT2D eigenvalue weighted by Crippen LogP contribution is 2.53. The van der Waals surface area contributed by atoms with Crippen molar-refractivity contribution < 1.29 is 0 Å². The molecule has 1 nitrogen and oxygen atoms in total. The van der Waals surface area contributed by atoms with Crippen molar-refractivity contribution in [1.29, 1.82) is 0 Å². The summed E-state index contributed by atoms with van der Waals surface area (Å²) in [6.07, 6.45) is 11.6. The van der Waals surface area contributed by atoms with Crippen molar-refractivity contribution in [3.63, 3.8) is 0 Å². The fourth-order valence-electron chi connectivity index (χ4n) is 7.88. The molecule has 1 aliphatic heterocycles. The van der Waals surface area contributed by atoms with Crippen molar-refractivity contribution in [3.05, 3.63) is 139 Å². The molecule has 194 valence electrons. The molecule has 0 radical (unpaired) electrons. The van der Waals surface area contributed by atoms with Gasteiger partial charge in [0.25, 0.3) is 0 Å². The molecule has 1 saturated carbocycles. The van der Waals surface area contributed by atoms with Gasteiger partial charge in [-0.25, -0.2) is 0 Å². The van der Waals surface area contributed by atoms with Gasteiger partial charge in [0.15, 0.2) is 0 Å². The van der Waals surface area contributed by atoms with Gasteiger partial charge in [0, 0.05) is 17.5 Å². The maximum atomic E-state index is 5.33. The van der Waals surface area contributed by atoms with Crippen LogP contribution in [0.1, 0.15) is 24.3 Å². The van der Waals surface area contributed by atoms with Crippen LogP contribution in [-0.4, -0.2) is 5.71 Å². The summed E-state index contributed by atoms with van der Waals surface area (Å²) >= 11 is 0. The molecule has 0 amide bonds. The second-order valence-corrected chi connectivity index (χ2v) is 11.8. The second kappa shape index (κ2) is 8.88. The van der Waals surface area contributed by atoms with Gasteiger partial charge in [-0.3, -0.25) is 4.99 Å². The van der Waals surface area contributed by atoms with E-state index in [1.807, 2.05) is 0 Å². The molecule has 3 unspecified atom stereocenters. The Balaban J connectivity index is 1.31. The fourth-order valence-corrected chi connectivity index (χ4v) is 7.88. The number of nitrogens with zero attached hydrogens (tertiary/aromatic N) is 1. The predicted octanol–water partition coefficient (Wildman–Crippen LogP) is 10.8. The summed E-state index contributed by atoms with van der Waals surface area (Å²) in [7, 11) is 0. The van der Waals surface area contributed by atoms with Gasteiger partial charge >= 0.3 is 0 Å². The Morgan fingerprint density at radius 3 is 2.02 bits per heavy atom. The largest absolute Gasteiger partial charge is 0.256 e. The molecule has 1 heteroatoms. The van der Waals surface area contributed by atoms with Gasteiger partial charge in [0.1, 0.15) is 0 Å². The van der Waals surface area contributed by atoms with Crippen LogP contribution in [0.4, 0.5) is 5.69 Å². The van der Waals surface area contributed by atoms with E-state index in [-0.39, 0.29) is 0 Å². The number of benzene rings is 6. The van der Waals surface area contributed by atoms with Crippen LogP contribution in [0, 0.1) is 11.8 Å². The Hall–Kier alpha value is -4.75. The zero-order valence-corrected chi connectivity index (χ0v) is 22.8. The van der Waals surface area contributed by atoms with Crippen LogP contribution in [-0.2, 0) is 0 Å². The van der Waals surface area contributed by atoms with Crippen LogP contribution in [0.2, 0.25) is 0 Å². The molecule has 1 fully saturated rings. The monoisotopic (exact) mass is 523 g/mol. The quantitative estimate of drug-likeness (QED) is 0.200. The third kappa shape index (κ3) is 3.39. The normalized spacial score (nSPS) is 20.7. The van der Waals surface area contributed by atoms with Gasteiger partial charge in [-0.15, -0.1) is 0 Å². The molecule has 0 bridgehead atoms. The molecule has 3 aliphatic rings. The maximum Gasteiger partial charge on any atom is 0.0674 e. The molecule has 1 heterocycles. The highest BCUT2D eigenvalue weighted by atomic mass is 14.8. The molecule has 3 atom stereocenters. The smallest absolute Gasteiger partial charge is 0.0674 e. The number of fused-ring (bicyclic) bond motifs is 8. The van der Waals surface area contributed by atoms with E-state index in [0.29, 0.717) is 17.8 Å². The molecule has 0 spiro atoms. The first kappa shape index (κ1) is 23.0. The third-order valence-corrected chi connectivity index (χ3v) is 9.66. The Morgan fingerprint density at radius 2 is 1.24 bits per heavy atom. The summed E-state index contributed by atoms with van der Waals surface area (Å²) in [5, 5.41) is 7.77. The average molecular weight is 524 g/mol. The first-order chi connectivity index (χ1) is 20.3. The minimum Gasteiger partial charge on any atom is -0.256 e. The van der Waals surface area contributed by atoms with Gasteiger partial charge in [-0.05, 0) is 91.0 Å². The highest BCUT2D eigenvalue weighted by Gasteiger charge is 2.40. The first-order valence-corrected chi connectivity index (χ1v) is 14.8. The standard InChI is InChI=1S/C40H29N/c1-2-12-27-24-28(21-20-25(27)10-1)37-30-14-5-7-16-32(30)38(33-17-8-6-15-31(33)37)34-18-9-19-36-39(34)35-23-22-26-11-3-4-13-29(26)40(35)41-36/h1-21,24,26,29,35H,22-23H2. The molecule has 2 aliphatic carbocycles. The van der Waals surface area contributed by atoms with Crippen molar-refractivity contribution in [2.45, 2.75) is 18.8 Å². The van der Waals surface area contributed by atoms with Crippen molar-refractivity contribution in [3.8, 4) is 22.3 Å². The average Bonchev–Trinajstić information content (AvgIpc) is 3.43. The molecular formula is C40H29N. The lowest BCUT2D eigenvalue weighted by Crippen LogP contribution is -2.31. The second-order valence-electron chi connectivity index (χ2n) is 11.8. The van der Waals surface area contributed by atoms with E-state index in [1.165, 1.54) is 72.3 Å². The van der Waals surface area contributed by atoms with Crippen molar-refractivity contribution in [2.24, 2.45) is 16.8 Å². The van der Waals surface area contributed by atoms with Gasteiger partial charge in [0.2, 0.25) is 0 Å². The van der Waals surface area contributed by atoms with E-state index >= 15 is 0 Å². The van der Waals surface area contributed by atoms with E-state index in [2.05, 4.69) is 133 Å². The van der Waals surface area contributed by atoms with Gasteiger partial charge < -0.3 is 0 Å². The Labute approximate surface area is 240 Å². The number of rotatable bonds is 2. The molecule has 6 aromatic carbocycles. The topological polar surface area (TPSA) is 12.4 Å². The molecule has 0 N–H and O–H groups in total. The van der Waals surface area contributed by atoms with Crippen molar-refractivity contribution >= 4 is 43.7 Å². The van der Waals surface area contributed by atoms with E-state index < -0.39 is 0 Å².